The van der Waals surface area contributed by atoms with Gasteiger partial charge in [0.15, 0.2) is 0 Å². The normalized spacial score (nSPS) is 37.1. The van der Waals surface area contributed by atoms with Crippen LogP contribution in [0.15, 0.2) is 0 Å². The average Bonchev–Trinajstić information content (AvgIpc) is 2.50. The first-order chi connectivity index (χ1) is 6.98. The number of nitrogens with zero attached hydrogens (tertiary/aromatic N) is 1. The van der Waals surface area contributed by atoms with Crippen LogP contribution in [0, 0.1) is 5.92 Å². The molecule has 86 valence electrons. The fourth-order valence-electron chi connectivity index (χ4n) is 2.65. The van der Waals surface area contributed by atoms with Crippen LogP contribution in [-0.4, -0.2) is 35.7 Å². The van der Waals surface area contributed by atoms with Crippen LogP contribution in [0.4, 0.5) is 8.78 Å². The number of carbonyl (C=O) groups excluding carboxylic acids is 1. The van der Waals surface area contributed by atoms with E-state index in [1.807, 2.05) is 4.90 Å². The zero-order valence-electron chi connectivity index (χ0n) is 9.01. The molecule has 2 atom stereocenters. The van der Waals surface area contributed by atoms with E-state index in [2.05, 4.69) is 6.92 Å². The van der Waals surface area contributed by atoms with Crippen molar-refractivity contribution in [3.8, 4) is 0 Å². The third-order valence-electron chi connectivity index (χ3n) is 3.64. The van der Waals surface area contributed by atoms with Gasteiger partial charge < -0.3 is 0 Å². The van der Waals surface area contributed by atoms with E-state index >= 15 is 0 Å². The molecule has 1 saturated heterocycles. The summed E-state index contributed by atoms with van der Waals surface area (Å²) in [5.41, 5.74) is 0. The highest BCUT2D eigenvalue weighted by Crippen LogP contribution is 2.34. The van der Waals surface area contributed by atoms with Crippen LogP contribution in [0.1, 0.15) is 32.6 Å². The lowest BCUT2D eigenvalue weighted by Gasteiger charge is -2.35. The van der Waals surface area contributed by atoms with Gasteiger partial charge in [0.1, 0.15) is 5.78 Å². The molecule has 0 aromatic heterocycles. The third-order valence-corrected chi connectivity index (χ3v) is 3.64. The molecule has 0 spiro atoms. The van der Waals surface area contributed by atoms with Gasteiger partial charge in [-0.3, -0.25) is 9.69 Å². The number of rotatable bonds is 1. The second-order valence-corrected chi connectivity index (χ2v) is 4.90. The van der Waals surface area contributed by atoms with Gasteiger partial charge >= 0.3 is 0 Å². The van der Waals surface area contributed by atoms with Crippen molar-refractivity contribution in [2.24, 2.45) is 5.92 Å². The Labute approximate surface area is 88.6 Å². The van der Waals surface area contributed by atoms with Gasteiger partial charge in [-0.15, -0.1) is 0 Å². The van der Waals surface area contributed by atoms with Gasteiger partial charge in [0.25, 0.3) is 5.92 Å². The van der Waals surface area contributed by atoms with Gasteiger partial charge in [0.2, 0.25) is 0 Å². The van der Waals surface area contributed by atoms with Crippen LogP contribution in [0.2, 0.25) is 0 Å². The molecule has 0 bridgehead atoms. The number of hydrogen-bond donors (Lipinski definition) is 0. The quantitative estimate of drug-likeness (QED) is 0.670. The fourth-order valence-corrected chi connectivity index (χ4v) is 2.65. The van der Waals surface area contributed by atoms with Crippen LogP contribution in [-0.2, 0) is 4.79 Å². The zero-order valence-corrected chi connectivity index (χ0v) is 9.01. The molecule has 0 aromatic carbocycles. The second kappa shape index (κ2) is 3.81. The van der Waals surface area contributed by atoms with E-state index in [0.717, 1.165) is 6.42 Å². The van der Waals surface area contributed by atoms with Crippen molar-refractivity contribution in [2.75, 3.05) is 13.1 Å². The number of alkyl halides is 2. The van der Waals surface area contributed by atoms with Crippen molar-refractivity contribution in [3.05, 3.63) is 0 Å². The van der Waals surface area contributed by atoms with Crippen molar-refractivity contribution < 1.29 is 13.6 Å². The fraction of sp³-hybridized carbons (Fsp3) is 0.909. The predicted molar refractivity (Wildman–Crippen MR) is 52.9 cm³/mol. The first-order valence-corrected chi connectivity index (χ1v) is 5.61. The van der Waals surface area contributed by atoms with E-state index < -0.39 is 5.92 Å². The maximum Gasteiger partial charge on any atom is 0.261 e. The Morgan fingerprint density at radius 2 is 2.20 bits per heavy atom. The summed E-state index contributed by atoms with van der Waals surface area (Å²) in [7, 11) is 0. The maximum absolute atomic E-state index is 13.0. The summed E-state index contributed by atoms with van der Waals surface area (Å²) in [6.07, 6.45) is 1.90. The Kier molecular flexibility index (Phi) is 2.79. The molecule has 4 heteroatoms. The monoisotopic (exact) mass is 217 g/mol. The minimum atomic E-state index is -2.54. The van der Waals surface area contributed by atoms with Crippen LogP contribution in [0.5, 0.6) is 0 Å². The Bertz CT molecular complexity index is 267. The number of ketones is 1. The Morgan fingerprint density at radius 1 is 1.47 bits per heavy atom. The Morgan fingerprint density at radius 3 is 2.80 bits per heavy atom. The van der Waals surface area contributed by atoms with Crippen molar-refractivity contribution >= 4 is 5.78 Å². The zero-order chi connectivity index (χ0) is 11.1. The third kappa shape index (κ3) is 2.36. The lowest BCUT2D eigenvalue weighted by atomic mass is 9.84. The molecule has 15 heavy (non-hydrogen) atoms. The van der Waals surface area contributed by atoms with Gasteiger partial charge in [-0.25, -0.2) is 8.78 Å². The van der Waals surface area contributed by atoms with Gasteiger partial charge in [-0.05, 0) is 12.3 Å². The van der Waals surface area contributed by atoms with E-state index in [9.17, 15) is 13.6 Å². The molecule has 1 aliphatic heterocycles. The molecule has 2 fully saturated rings. The first kappa shape index (κ1) is 11.0. The molecule has 2 unspecified atom stereocenters. The highest BCUT2D eigenvalue weighted by molar-refractivity contribution is 5.79. The van der Waals surface area contributed by atoms with Crippen LogP contribution < -0.4 is 0 Å². The summed E-state index contributed by atoms with van der Waals surface area (Å²) in [5, 5.41) is 0. The van der Waals surface area contributed by atoms with E-state index in [4.69, 9.17) is 0 Å². The van der Waals surface area contributed by atoms with Crippen molar-refractivity contribution in [2.45, 2.75) is 44.6 Å². The molecule has 0 N–H and O–H groups in total. The Balaban J connectivity index is 2.00. The van der Waals surface area contributed by atoms with Gasteiger partial charge in [-0.1, -0.05) is 6.92 Å². The summed E-state index contributed by atoms with van der Waals surface area (Å²) >= 11 is 0. The number of Topliss-reactive ketones (excluding diaryl/α,β-unsaturated/α-hetero) is 1. The molecule has 1 heterocycles. The minimum Gasteiger partial charge on any atom is -0.300 e. The molecular formula is C11H17F2NO. The summed E-state index contributed by atoms with van der Waals surface area (Å²) in [5.74, 6) is -1.94. The van der Waals surface area contributed by atoms with Crippen molar-refractivity contribution in [3.63, 3.8) is 0 Å². The number of carbonyl (C=O) groups is 1. The smallest absolute Gasteiger partial charge is 0.261 e. The summed E-state index contributed by atoms with van der Waals surface area (Å²) in [4.78, 5) is 13.1. The number of hydrogen-bond acceptors (Lipinski definition) is 2. The molecule has 0 amide bonds. The van der Waals surface area contributed by atoms with E-state index in [-0.39, 0.29) is 24.8 Å². The lowest BCUT2D eigenvalue weighted by Crippen LogP contribution is -2.43. The molecule has 2 aliphatic rings. The van der Waals surface area contributed by atoms with Crippen molar-refractivity contribution in [1.29, 1.82) is 0 Å². The standard InChI is InChI=1S/C11H17F2NO/c1-8-2-3-9(15)6-10(8)14-5-4-11(12,13)7-14/h8,10H,2-7H2,1H3. The average molecular weight is 217 g/mol. The summed E-state index contributed by atoms with van der Waals surface area (Å²) in [6, 6.07) is 0.0552. The largest absolute Gasteiger partial charge is 0.300 e. The van der Waals surface area contributed by atoms with Gasteiger partial charge in [0.05, 0.1) is 6.54 Å². The molecule has 0 aromatic rings. The van der Waals surface area contributed by atoms with Gasteiger partial charge in [-0.2, -0.15) is 0 Å². The van der Waals surface area contributed by atoms with Crippen LogP contribution in [0.25, 0.3) is 0 Å². The van der Waals surface area contributed by atoms with E-state index in [1.165, 1.54) is 0 Å². The minimum absolute atomic E-state index is 0.0512. The van der Waals surface area contributed by atoms with Crippen molar-refractivity contribution in [1.82, 2.24) is 4.90 Å². The lowest BCUT2D eigenvalue weighted by molar-refractivity contribution is -0.123. The molecule has 2 rings (SSSR count). The highest BCUT2D eigenvalue weighted by atomic mass is 19.3. The molecule has 1 saturated carbocycles. The first-order valence-electron chi connectivity index (χ1n) is 5.61. The summed E-state index contributed by atoms with van der Waals surface area (Å²) in [6.45, 7) is 2.35. The molecule has 2 nitrogen and oxygen atoms in total. The van der Waals surface area contributed by atoms with Gasteiger partial charge in [0, 0.05) is 31.8 Å². The maximum atomic E-state index is 13.0. The highest BCUT2D eigenvalue weighted by Gasteiger charge is 2.43. The molecule has 1 aliphatic carbocycles. The van der Waals surface area contributed by atoms with E-state index in [1.54, 1.807) is 0 Å². The van der Waals surface area contributed by atoms with Crippen LogP contribution in [0.3, 0.4) is 0 Å². The molecule has 0 radical (unpaired) electrons. The molecular weight excluding hydrogens is 200 g/mol. The topological polar surface area (TPSA) is 20.3 Å². The number of halogens is 2. The second-order valence-electron chi connectivity index (χ2n) is 4.90. The predicted octanol–water partition coefficient (Wildman–Crippen LogP) is 2.09. The number of likely N-dealkylation sites (tertiary alicyclic amines) is 1. The Hall–Kier alpha value is -0.510. The van der Waals surface area contributed by atoms with Crippen LogP contribution >= 0.6 is 0 Å². The van der Waals surface area contributed by atoms with E-state index in [0.29, 0.717) is 25.3 Å². The SMILES string of the molecule is CC1CCC(=O)CC1N1CCC(F)(F)C1. The summed E-state index contributed by atoms with van der Waals surface area (Å²) < 4.78 is 26.1.